The van der Waals surface area contributed by atoms with E-state index in [1.807, 2.05) is 0 Å². The summed E-state index contributed by atoms with van der Waals surface area (Å²) in [5, 5.41) is 0. The molecule has 22 heavy (non-hydrogen) atoms. The zero-order valence-electron chi connectivity index (χ0n) is 12.2. The molecule has 0 bridgehead atoms. The number of carbonyl (C=O) groups excluding carboxylic acids is 2. The van der Waals surface area contributed by atoms with Crippen molar-refractivity contribution in [3.63, 3.8) is 0 Å². The maximum Gasteiger partial charge on any atom is 0.338 e. The minimum absolute atomic E-state index is 0.458. The standard InChI is InChI=1S/C11H15N3O8/c1-20-6-14-10(18)12(4-7(15)21-2)9(17)13(11(14)19)5-8(16)22-3/h4-6H2,1-3H3. The van der Waals surface area contributed by atoms with E-state index in [0.29, 0.717) is 13.7 Å². The van der Waals surface area contributed by atoms with Gasteiger partial charge >= 0.3 is 29.0 Å². The molecule has 1 rings (SSSR count). The highest BCUT2D eigenvalue weighted by Crippen LogP contribution is 1.83. The molecule has 0 aliphatic rings. The van der Waals surface area contributed by atoms with E-state index in [9.17, 15) is 24.0 Å². The van der Waals surface area contributed by atoms with E-state index in [-0.39, 0.29) is 0 Å². The molecule has 0 saturated carbocycles. The lowest BCUT2D eigenvalue weighted by molar-refractivity contribution is -0.141. The zero-order valence-corrected chi connectivity index (χ0v) is 12.2. The van der Waals surface area contributed by atoms with Crippen LogP contribution >= 0.6 is 0 Å². The highest BCUT2D eigenvalue weighted by Gasteiger charge is 2.19. The Morgan fingerprint density at radius 3 is 1.45 bits per heavy atom. The summed E-state index contributed by atoms with van der Waals surface area (Å²) >= 11 is 0. The predicted molar refractivity (Wildman–Crippen MR) is 70.3 cm³/mol. The van der Waals surface area contributed by atoms with E-state index in [1.165, 1.54) is 7.11 Å². The van der Waals surface area contributed by atoms with Crippen LogP contribution < -0.4 is 17.1 Å². The molecule has 1 aromatic heterocycles. The second-order valence-corrected chi connectivity index (χ2v) is 4.02. The van der Waals surface area contributed by atoms with Crippen LogP contribution in [0.5, 0.6) is 0 Å². The van der Waals surface area contributed by atoms with Crippen molar-refractivity contribution in [1.29, 1.82) is 0 Å². The third kappa shape index (κ3) is 3.49. The fourth-order valence-electron chi connectivity index (χ4n) is 1.58. The molecule has 0 unspecified atom stereocenters. The topological polar surface area (TPSA) is 128 Å². The molecule has 0 spiro atoms. The molecule has 0 aliphatic heterocycles. The van der Waals surface area contributed by atoms with E-state index in [0.717, 1.165) is 14.2 Å². The van der Waals surface area contributed by atoms with Gasteiger partial charge in [0.2, 0.25) is 0 Å². The second kappa shape index (κ2) is 7.36. The summed E-state index contributed by atoms with van der Waals surface area (Å²) < 4.78 is 15.0. The molecule has 122 valence electrons. The SMILES string of the molecule is COCn1c(=O)n(CC(=O)OC)c(=O)n(CC(=O)OC)c1=O. The van der Waals surface area contributed by atoms with Crippen LogP contribution in [0.2, 0.25) is 0 Å². The van der Waals surface area contributed by atoms with Crippen LogP contribution in [-0.2, 0) is 43.6 Å². The van der Waals surface area contributed by atoms with Gasteiger partial charge in [0.05, 0.1) is 14.2 Å². The first-order valence-corrected chi connectivity index (χ1v) is 5.94. The Morgan fingerprint density at radius 2 is 1.14 bits per heavy atom. The third-order valence-electron chi connectivity index (χ3n) is 2.67. The van der Waals surface area contributed by atoms with Gasteiger partial charge in [0.1, 0.15) is 19.8 Å². The zero-order chi connectivity index (χ0) is 16.9. The number of hydrogen-bond donors (Lipinski definition) is 0. The van der Waals surface area contributed by atoms with E-state index >= 15 is 0 Å². The van der Waals surface area contributed by atoms with Crippen molar-refractivity contribution >= 4 is 11.9 Å². The highest BCUT2D eigenvalue weighted by molar-refractivity contribution is 5.69. The Balaban J connectivity index is 3.59. The first-order chi connectivity index (χ1) is 10.4. The Morgan fingerprint density at radius 1 is 0.773 bits per heavy atom. The molecule has 1 aromatic rings. The van der Waals surface area contributed by atoms with Gasteiger partial charge in [0, 0.05) is 7.11 Å². The van der Waals surface area contributed by atoms with Crippen molar-refractivity contribution in [2.75, 3.05) is 21.3 Å². The minimum atomic E-state index is -1.13. The monoisotopic (exact) mass is 317 g/mol. The van der Waals surface area contributed by atoms with Crippen LogP contribution in [0.15, 0.2) is 14.4 Å². The predicted octanol–water partition coefficient (Wildman–Crippen LogP) is -2.88. The summed E-state index contributed by atoms with van der Waals surface area (Å²) in [6.45, 7) is -1.88. The lowest BCUT2D eigenvalue weighted by Gasteiger charge is -2.12. The van der Waals surface area contributed by atoms with Crippen molar-refractivity contribution in [1.82, 2.24) is 13.7 Å². The summed E-state index contributed by atoms with van der Waals surface area (Å²) in [7, 11) is 3.38. The van der Waals surface area contributed by atoms with Gasteiger partial charge in [0.15, 0.2) is 0 Å². The lowest BCUT2D eigenvalue weighted by Crippen LogP contribution is -2.56. The second-order valence-electron chi connectivity index (χ2n) is 4.02. The molecule has 0 radical (unpaired) electrons. The number of carbonyl (C=O) groups is 2. The van der Waals surface area contributed by atoms with E-state index in [1.54, 1.807) is 0 Å². The van der Waals surface area contributed by atoms with Crippen LogP contribution in [0.25, 0.3) is 0 Å². The van der Waals surface area contributed by atoms with Crippen LogP contribution in [0.1, 0.15) is 0 Å². The quantitative estimate of drug-likeness (QED) is 0.512. The average molecular weight is 317 g/mol. The molecule has 0 amide bonds. The van der Waals surface area contributed by atoms with Crippen LogP contribution in [0.4, 0.5) is 0 Å². The minimum Gasteiger partial charge on any atom is -0.468 e. The summed E-state index contributed by atoms with van der Waals surface area (Å²) in [6, 6.07) is 0. The van der Waals surface area contributed by atoms with E-state index < -0.39 is 48.8 Å². The lowest BCUT2D eigenvalue weighted by atomic mass is 10.6. The Kier molecular flexibility index (Phi) is 5.81. The molecule has 11 heteroatoms. The largest absolute Gasteiger partial charge is 0.468 e. The van der Waals surface area contributed by atoms with Gasteiger partial charge in [-0.25, -0.2) is 28.1 Å². The average Bonchev–Trinajstić information content (AvgIpc) is 2.51. The van der Waals surface area contributed by atoms with Crippen molar-refractivity contribution in [2.24, 2.45) is 0 Å². The first kappa shape index (κ1) is 17.4. The Labute approximate surface area is 123 Å². The maximum absolute atomic E-state index is 12.1. The fraction of sp³-hybridized carbons (Fsp3) is 0.545. The van der Waals surface area contributed by atoms with Crippen LogP contribution in [0, 0.1) is 0 Å². The normalized spacial score (nSPS) is 10.3. The number of esters is 2. The molecule has 11 nitrogen and oxygen atoms in total. The van der Waals surface area contributed by atoms with Gasteiger partial charge in [-0.1, -0.05) is 0 Å². The van der Waals surface area contributed by atoms with Crippen molar-refractivity contribution in [2.45, 2.75) is 19.8 Å². The summed E-state index contributed by atoms with van der Waals surface area (Å²) in [5.74, 6) is -1.74. The van der Waals surface area contributed by atoms with Gasteiger partial charge in [-0.15, -0.1) is 0 Å². The molecule has 0 saturated heterocycles. The molecule has 0 fully saturated rings. The van der Waals surface area contributed by atoms with Crippen molar-refractivity contribution < 1.29 is 23.8 Å². The van der Waals surface area contributed by atoms with Crippen LogP contribution in [-0.4, -0.2) is 47.0 Å². The number of ether oxygens (including phenoxy) is 3. The molecule has 1 heterocycles. The van der Waals surface area contributed by atoms with Gasteiger partial charge in [0.25, 0.3) is 0 Å². The van der Waals surface area contributed by atoms with Crippen molar-refractivity contribution in [3.8, 4) is 0 Å². The van der Waals surface area contributed by atoms with E-state index in [2.05, 4.69) is 9.47 Å². The highest BCUT2D eigenvalue weighted by atomic mass is 16.5. The maximum atomic E-state index is 12.1. The number of rotatable bonds is 6. The summed E-state index contributed by atoms with van der Waals surface area (Å²) in [4.78, 5) is 58.8. The van der Waals surface area contributed by atoms with Crippen molar-refractivity contribution in [3.05, 3.63) is 31.5 Å². The van der Waals surface area contributed by atoms with Gasteiger partial charge in [-0.3, -0.25) is 9.59 Å². The summed E-state index contributed by atoms with van der Waals surface area (Å²) in [5.41, 5.74) is -3.23. The van der Waals surface area contributed by atoms with Gasteiger partial charge in [-0.2, -0.15) is 0 Å². The number of aromatic nitrogens is 3. The number of nitrogens with zero attached hydrogens (tertiary/aromatic N) is 3. The Bertz CT molecular complexity index is 685. The fourth-order valence-corrected chi connectivity index (χ4v) is 1.58. The van der Waals surface area contributed by atoms with Crippen LogP contribution in [0.3, 0.4) is 0 Å². The molecular formula is C11H15N3O8. The first-order valence-electron chi connectivity index (χ1n) is 5.94. The number of hydrogen-bond acceptors (Lipinski definition) is 8. The molecule has 0 N–H and O–H groups in total. The third-order valence-corrected chi connectivity index (χ3v) is 2.67. The smallest absolute Gasteiger partial charge is 0.338 e. The van der Waals surface area contributed by atoms with Gasteiger partial charge in [-0.05, 0) is 0 Å². The molecule has 0 aromatic carbocycles. The molecular weight excluding hydrogens is 302 g/mol. The number of methoxy groups -OCH3 is 3. The van der Waals surface area contributed by atoms with E-state index in [4.69, 9.17) is 4.74 Å². The summed E-state index contributed by atoms with van der Waals surface area (Å²) in [6.07, 6.45) is 0. The molecule has 0 atom stereocenters. The Hall–Kier alpha value is -2.69. The molecule has 0 aliphatic carbocycles. The van der Waals surface area contributed by atoms with Gasteiger partial charge < -0.3 is 14.2 Å².